The fraction of sp³-hybridized carbons (Fsp3) is 0.240. The summed E-state index contributed by atoms with van der Waals surface area (Å²) in [6.07, 6.45) is 0.329. The number of halogens is 3. The van der Waals surface area contributed by atoms with E-state index >= 15 is 0 Å². The van der Waals surface area contributed by atoms with Gasteiger partial charge in [-0.15, -0.1) is 13.2 Å². The summed E-state index contributed by atoms with van der Waals surface area (Å²) in [4.78, 5) is 25.9. The molecule has 2 aromatic carbocycles. The van der Waals surface area contributed by atoms with Gasteiger partial charge in [0.05, 0.1) is 23.8 Å². The number of hydrogen-bond acceptors (Lipinski definition) is 5. The first-order valence-electron chi connectivity index (χ1n) is 11.0. The third-order valence-corrected chi connectivity index (χ3v) is 5.98. The molecule has 1 aliphatic heterocycles. The number of nitrogens with zero attached hydrogens (tertiary/aromatic N) is 5. The Balaban J connectivity index is 1.43. The molecule has 1 amide bonds. The maximum atomic E-state index is 13.0. The van der Waals surface area contributed by atoms with Crippen LogP contribution < -0.4 is 4.74 Å². The van der Waals surface area contributed by atoms with Crippen LogP contribution in [0.15, 0.2) is 67.1 Å². The summed E-state index contributed by atoms with van der Waals surface area (Å²) in [7, 11) is 2.04. The van der Waals surface area contributed by atoms with Crippen molar-refractivity contribution in [3.63, 3.8) is 0 Å². The van der Waals surface area contributed by atoms with E-state index in [1.165, 1.54) is 24.3 Å². The van der Waals surface area contributed by atoms with E-state index in [9.17, 15) is 18.0 Å². The number of carbonyl (C=O) groups excluding carboxylic acids is 1. The van der Waals surface area contributed by atoms with Gasteiger partial charge in [0.15, 0.2) is 5.65 Å². The minimum atomic E-state index is -4.75. The Bertz CT molecular complexity index is 1360. The molecule has 2 aromatic heterocycles. The second-order valence-electron chi connectivity index (χ2n) is 8.39. The number of rotatable bonds is 4. The average Bonchev–Trinajstić information content (AvgIpc) is 3.27. The summed E-state index contributed by atoms with van der Waals surface area (Å²) in [6, 6.07) is 12.9. The standard InChI is InChI=1S/C25H22F3N5O2/c1-31-9-11-32(12-10-31)24(34)19-4-2-3-18(13-19)22-14-30-23-15-29-21(16-33(22)23)17-5-7-20(8-6-17)35-25(26,27)28/h2-8,13-16H,9-12H2,1H3. The fourth-order valence-corrected chi connectivity index (χ4v) is 4.08. The lowest BCUT2D eigenvalue weighted by atomic mass is 10.1. The first-order valence-corrected chi connectivity index (χ1v) is 11.0. The van der Waals surface area contributed by atoms with Gasteiger partial charge in [-0.3, -0.25) is 14.2 Å². The lowest BCUT2D eigenvalue weighted by Gasteiger charge is -2.32. The lowest BCUT2D eigenvalue weighted by Crippen LogP contribution is -2.47. The van der Waals surface area contributed by atoms with Gasteiger partial charge in [0, 0.05) is 49.1 Å². The molecule has 0 unspecified atom stereocenters. The molecule has 1 saturated heterocycles. The zero-order chi connectivity index (χ0) is 24.6. The van der Waals surface area contributed by atoms with Crippen LogP contribution in [0.25, 0.3) is 28.2 Å². The van der Waals surface area contributed by atoms with Crippen molar-refractivity contribution in [1.82, 2.24) is 24.2 Å². The van der Waals surface area contributed by atoms with Crippen molar-refractivity contribution in [3.8, 4) is 28.3 Å². The molecule has 0 N–H and O–H groups in total. The number of hydrogen-bond donors (Lipinski definition) is 0. The minimum Gasteiger partial charge on any atom is -0.406 e. The quantitative estimate of drug-likeness (QED) is 0.434. The normalized spacial score (nSPS) is 14.9. The Hall–Kier alpha value is -3.92. The van der Waals surface area contributed by atoms with E-state index in [1.807, 2.05) is 40.6 Å². The van der Waals surface area contributed by atoms with Crippen LogP contribution in [0.1, 0.15) is 10.4 Å². The summed E-state index contributed by atoms with van der Waals surface area (Å²) in [5, 5.41) is 0. The fourth-order valence-electron chi connectivity index (χ4n) is 4.08. The van der Waals surface area contributed by atoms with Crippen molar-refractivity contribution >= 4 is 11.6 Å². The molecule has 0 spiro atoms. The Morgan fingerprint density at radius 3 is 2.40 bits per heavy atom. The molecule has 5 rings (SSSR count). The van der Waals surface area contributed by atoms with E-state index in [0.717, 1.165) is 24.3 Å². The molecule has 0 bridgehead atoms. The molecule has 4 aromatic rings. The SMILES string of the molecule is CN1CCN(C(=O)c2cccc(-c3cnc4cnc(-c5ccc(OC(F)(F)F)cc5)cn34)c2)CC1. The Morgan fingerprint density at radius 2 is 1.69 bits per heavy atom. The van der Waals surface area contributed by atoms with Crippen LogP contribution in [0.3, 0.4) is 0 Å². The summed E-state index contributed by atoms with van der Waals surface area (Å²) in [6.45, 7) is 3.07. The van der Waals surface area contributed by atoms with Gasteiger partial charge in [-0.25, -0.2) is 4.98 Å². The number of fused-ring (bicyclic) bond motifs is 1. The summed E-state index contributed by atoms with van der Waals surface area (Å²) in [5.41, 5.74) is 3.99. The minimum absolute atomic E-state index is 0.00251. The smallest absolute Gasteiger partial charge is 0.406 e. The number of benzene rings is 2. The van der Waals surface area contributed by atoms with Crippen LogP contribution >= 0.6 is 0 Å². The Kier molecular flexibility index (Phi) is 5.89. The molecular formula is C25H22F3N5O2. The van der Waals surface area contributed by atoms with Gasteiger partial charge in [-0.1, -0.05) is 12.1 Å². The van der Waals surface area contributed by atoms with E-state index in [1.54, 1.807) is 18.6 Å². The number of carbonyl (C=O) groups is 1. The third-order valence-electron chi connectivity index (χ3n) is 5.98. The molecule has 0 radical (unpaired) electrons. The van der Waals surface area contributed by atoms with Gasteiger partial charge in [0.1, 0.15) is 5.75 Å². The molecule has 35 heavy (non-hydrogen) atoms. The zero-order valence-electron chi connectivity index (χ0n) is 18.9. The topological polar surface area (TPSA) is 63.0 Å². The van der Waals surface area contributed by atoms with Crippen molar-refractivity contribution in [2.45, 2.75) is 6.36 Å². The molecule has 1 aliphatic rings. The molecule has 3 heterocycles. The Labute approximate surface area is 199 Å². The van der Waals surface area contributed by atoms with Gasteiger partial charge < -0.3 is 14.5 Å². The number of piperazine rings is 1. The van der Waals surface area contributed by atoms with E-state index in [0.29, 0.717) is 35.6 Å². The van der Waals surface area contributed by atoms with Gasteiger partial charge in [-0.2, -0.15) is 0 Å². The predicted octanol–water partition coefficient (Wildman–Crippen LogP) is 4.35. The average molecular weight is 481 g/mol. The van der Waals surface area contributed by atoms with E-state index in [-0.39, 0.29) is 11.7 Å². The van der Waals surface area contributed by atoms with Crippen LogP contribution in [0.4, 0.5) is 13.2 Å². The monoisotopic (exact) mass is 481 g/mol. The highest BCUT2D eigenvalue weighted by Crippen LogP contribution is 2.28. The van der Waals surface area contributed by atoms with Crippen LogP contribution in [0.5, 0.6) is 5.75 Å². The maximum absolute atomic E-state index is 13.0. The second kappa shape index (κ2) is 9.03. The molecule has 180 valence electrons. The summed E-state index contributed by atoms with van der Waals surface area (Å²) in [5.74, 6) is -0.301. The van der Waals surface area contributed by atoms with Crippen LogP contribution in [0.2, 0.25) is 0 Å². The molecule has 1 fully saturated rings. The van der Waals surface area contributed by atoms with Gasteiger partial charge >= 0.3 is 6.36 Å². The highest BCUT2D eigenvalue weighted by Gasteiger charge is 2.31. The first kappa shape index (κ1) is 22.9. The van der Waals surface area contributed by atoms with Crippen LogP contribution in [-0.4, -0.2) is 69.7 Å². The molecular weight excluding hydrogens is 459 g/mol. The highest BCUT2D eigenvalue weighted by atomic mass is 19.4. The van der Waals surface area contributed by atoms with Crippen molar-refractivity contribution in [2.24, 2.45) is 0 Å². The number of aromatic nitrogens is 3. The molecule has 0 aliphatic carbocycles. The van der Waals surface area contributed by atoms with Crippen LogP contribution in [0, 0.1) is 0 Å². The lowest BCUT2D eigenvalue weighted by molar-refractivity contribution is -0.274. The van der Waals surface area contributed by atoms with Gasteiger partial charge in [0.2, 0.25) is 0 Å². The molecule has 7 nitrogen and oxygen atoms in total. The largest absolute Gasteiger partial charge is 0.573 e. The van der Waals surface area contributed by atoms with Crippen molar-refractivity contribution in [3.05, 3.63) is 72.7 Å². The van der Waals surface area contributed by atoms with E-state index < -0.39 is 6.36 Å². The molecule has 10 heteroatoms. The van der Waals surface area contributed by atoms with Crippen molar-refractivity contribution in [1.29, 1.82) is 0 Å². The third kappa shape index (κ3) is 4.97. The summed E-state index contributed by atoms with van der Waals surface area (Å²) < 4.78 is 43.1. The van der Waals surface area contributed by atoms with E-state index in [2.05, 4.69) is 19.6 Å². The second-order valence-corrected chi connectivity index (χ2v) is 8.39. The zero-order valence-corrected chi connectivity index (χ0v) is 18.9. The van der Waals surface area contributed by atoms with Crippen LogP contribution in [-0.2, 0) is 0 Å². The molecule has 0 saturated carbocycles. The number of ether oxygens (including phenoxy) is 1. The maximum Gasteiger partial charge on any atom is 0.573 e. The number of imidazole rings is 1. The van der Waals surface area contributed by atoms with Gasteiger partial charge in [0.25, 0.3) is 5.91 Å². The van der Waals surface area contributed by atoms with Crippen molar-refractivity contribution < 1.29 is 22.7 Å². The predicted molar refractivity (Wildman–Crippen MR) is 124 cm³/mol. The summed E-state index contributed by atoms with van der Waals surface area (Å²) >= 11 is 0. The van der Waals surface area contributed by atoms with Crippen molar-refractivity contribution in [2.75, 3.05) is 33.2 Å². The first-order chi connectivity index (χ1) is 16.8. The number of amides is 1. The Morgan fingerprint density at radius 1 is 0.943 bits per heavy atom. The van der Waals surface area contributed by atoms with Gasteiger partial charge in [-0.05, 0) is 43.4 Å². The number of likely N-dealkylation sites (N-methyl/N-ethyl adjacent to an activating group) is 1. The molecule has 0 atom stereocenters. The highest BCUT2D eigenvalue weighted by molar-refractivity contribution is 5.95. The van der Waals surface area contributed by atoms with E-state index in [4.69, 9.17) is 0 Å². The number of alkyl halides is 3.